The van der Waals surface area contributed by atoms with Crippen molar-refractivity contribution < 1.29 is 0 Å². The van der Waals surface area contributed by atoms with Gasteiger partial charge in [-0.3, -0.25) is 0 Å². The van der Waals surface area contributed by atoms with Gasteiger partial charge in [-0.15, -0.1) is 0 Å². The number of piperidine rings is 1. The van der Waals surface area contributed by atoms with E-state index in [0.717, 1.165) is 18.3 Å². The molecule has 1 aliphatic carbocycles. The lowest BCUT2D eigenvalue weighted by atomic mass is 9.75. The van der Waals surface area contributed by atoms with Crippen LogP contribution in [-0.2, 0) is 0 Å². The van der Waals surface area contributed by atoms with Crippen LogP contribution in [0.25, 0.3) is 0 Å². The Balaban J connectivity index is 1.70. The molecule has 102 valence electrons. The number of fused-ring (bicyclic) bond motifs is 1. The van der Waals surface area contributed by atoms with Crippen molar-refractivity contribution >= 4 is 0 Å². The predicted molar refractivity (Wildman–Crippen MR) is 75.1 cm³/mol. The summed E-state index contributed by atoms with van der Waals surface area (Å²) >= 11 is 0. The van der Waals surface area contributed by atoms with Crippen LogP contribution in [0.2, 0.25) is 0 Å². The fraction of sp³-hybridized carbons (Fsp3) is 0.938. The Morgan fingerprint density at radius 2 is 1.89 bits per heavy atom. The van der Waals surface area contributed by atoms with Crippen LogP contribution >= 0.6 is 0 Å². The third kappa shape index (κ3) is 3.72. The van der Waals surface area contributed by atoms with Crippen molar-refractivity contribution in [3.05, 3.63) is 0 Å². The Morgan fingerprint density at radius 3 is 2.61 bits per heavy atom. The molecule has 0 aromatic carbocycles. The van der Waals surface area contributed by atoms with Gasteiger partial charge < -0.3 is 4.90 Å². The van der Waals surface area contributed by atoms with E-state index in [1.807, 2.05) is 0 Å². The molecule has 0 aromatic rings. The first kappa shape index (κ1) is 13.9. The predicted octanol–water partition coefficient (Wildman–Crippen LogP) is 3.83. The van der Waals surface area contributed by atoms with E-state index in [2.05, 4.69) is 24.8 Å². The fourth-order valence-electron chi connectivity index (χ4n) is 3.68. The summed E-state index contributed by atoms with van der Waals surface area (Å²) in [6.07, 6.45) is 9.51. The van der Waals surface area contributed by atoms with Gasteiger partial charge in [0, 0.05) is 6.54 Å². The standard InChI is InChI=1S/C16H28N2/c1-16(2,13-17)9-5-10-18-11-8-14-6-3-4-7-15(14)12-18/h14-15H,3-12H2,1-2H3. The molecule has 2 rings (SSSR count). The second-order valence-corrected chi connectivity index (χ2v) is 6.99. The monoisotopic (exact) mass is 248 g/mol. The van der Waals surface area contributed by atoms with Crippen molar-refractivity contribution in [3.63, 3.8) is 0 Å². The summed E-state index contributed by atoms with van der Waals surface area (Å²) in [5.74, 6) is 2.02. The molecule has 2 aliphatic rings. The SMILES string of the molecule is CC(C)(C#N)CCCN1CCC2CCCCC2C1. The zero-order valence-corrected chi connectivity index (χ0v) is 12.1. The van der Waals surface area contributed by atoms with Crippen LogP contribution in [0.5, 0.6) is 0 Å². The highest BCUT2D eigenvalue weighted by atomic mass is 15.1. The lowest BCUT2D eigenvalue weighted by molar-refractivity contribution is 0.0843. The molecule has 18 heavy (non-hydrogen) atoms. The molecule has 0 N–H and O–H groups in total. The maximum atomic E-state index is 9.02. The van der Waals surface area contributed by atoms with E-state index in [1.54, 1.807) is 0 Å². The highest BCUT2D eigenvalue weighted by molar-refractivity contribution is 4.91. The zero-order valence-electron chi connectivity index (χ0n) is 12.1. The smallest absolute Gasteiger partial charge is 0.0683 e. The number of hydrogen-bond acceptors (Lipinski definition) is 2. The molecule has 1 saturated carbocycles. The van der Waals surface area contributed by atoms with E-state index in [1.165, 1.54) is 58.2 Å². The van der Waals surface area contributed by atoms with E-state index < -0.39 is 0 Å². The van der Waals surface area contributed by atoms with Crippen LogP contribution in [0, 0.1) is 28.6 Å². The molecule has 0 spiro atoms. The van der Waals surface area contributed by atoms with Gasteiger partial charge in [0.2, 0.25) is 0 Å². The maximum Gasteiger partial charge on any atom is 0.0683 e. The summed E-state index contributed by atoms with van der Waals surface area (Å²) in [6.45, 7) is 7.95. The minimum Gasteiger partial charge on any atom is -0.303 e. The minimum atomic E-state index is -0.136. The lowest BCUT2D eigenvalue weighted by Crippen LogP contribution is -2.42. The van der Waals surface area contributed by atoms with Crippen LogP contribution in [0.15, 0.2) is 0 Å². The topological polar surface area (TPSA) is 27.0 Å². The average Bonchev–Trinajstić information content (AvgIpc) is 2.38. The molecule has 1 saturated heterocycles. The van der Waals surface area contributed by atoms with Gasteiger partial charge >= 0.3 is 0 Å². The van der Waals surface area contributed by atoms with Crippen LogP contribution < -0.4 is 0 Å². The second-order valence-electron chi connectivity index (χ2n) is 6.99. The van der Waals surface area contributed by atoms with Crippen molar-refractivity contribution in [2.24, 2.45) is 17.3 Å². The van der Waals surface area contributed by atoms with Crippen molar-refractivity contribution in [2.45, 2.75) is 58.8 Å². The Hall–Kier alpha value is -0.550. The van der Waals surface area contributed by atoms with Gasteiger partial charge in [0.05, 0.1) is 11.5 Å². The minimum absolute atomic E-state index is 0.136. The van der Waals surface area contributed by atoms with E-state index in [9.17, 15) is 0 Å². The largest absolute Gasteiger partial charge is 0.303 e. The molecule has 2 nitrogen and oxygen atoms in total. The van der Waals surface area contributed by atoms with Gasteiger partial charge in [-0.25, -0.2) is 0 Å². The molecular weight excluding hydrogens is 220 g/mol. The molecule has 0 bridgehead atoms. The van der Waals surface area contributed by atoms with Crippen LogP contribution in [0.1, 0.15) is 58.8 Å². The molecule has 0 aromatic heterocycles. The van der Waals surface area contributed by atoms with Crippen molar-refractivity contribution in [2.75, 3.05) is 19.6 Å². The summed E-state index contributed by atoms with van der Waals surface area (Å²) in [4.78, 5) is 2.65. The summed E-state index contributed by atoms with van der Waals surface area (Å²) < 4.78 is 0. The van der Waals surface area contributed by atoms with Gasteiger partial charge in [-0.05, 0) is 64.5 Å². The van der Waals surface area contributed by atoms with E-state index in [4.69, 9.17) is 5.26 Å². The molecule has 2 atom stereocenters. The lowest BCUT2D eigenvalue weighted by Gasteiger charge is -2.41. The number of nitrogens with zero attached hydrogens (tertiary/aromatic N) is 2. The quantitative estimate of drug-likeness (QED) is 0.756. The van der Waals surface area contributed by atoms with Gasteiger partial charge in [0.25, 0.3) is 0 Å². The number of likely N-dealkylation sites (tertiary alicyclic amines) is 1. The van der Waals surface area contributed by atoms with Gasteiger partial charge in [-0.2, -0.15) is 5.26 Å². The Morgan fingerprint density at radius 1 is 1.17 bits per heavy atom. The molecule has 2 unspecified atom stereocenters. The van der Waals surface area contributed by atoms with Crippen LogP contribution in [-0.4, -0.2) is 24.5 Å². The van der Waals surface area contributed by atoms with Crippen LogP contribution in [0.4, 0.5) is 0 Å². The maximum absolute atomic E-state index is 9.02. The molecule has 0 amide bonds. The number of rotatable bonds is 4. The second kappa shape index (κ2) is 6.06. The summed E-state index contributed by atoms with van der Waals surface area (Å²) in [5, 5.41) is 9.02. The summed E-state index contributed by atoms with van der Waals surface area (Å²) in [5.41, 5.74) is -0.136. The Labute approximate surface area is 112 Å². The molecular formula is C16H28N2. The normalized spacial score (nSPS) is 29.6. The van der Waals surface area contributed by atoms with Gasteiger partial charge in [0.15, 0.2) is 0 Å². The van der Waals surface area contributed by atoms with Crippen LogP contribution in [0.3, 0.4) is 0 Å². The third-order valence-corrected chi connectivity index (χ3v) is 4.95. The van der Waals surface area contributed by atoms with Crippen molar-refractivity contribution in [1.29, 1.82) is 5.26 Å². The average molecular weight is 248 g/mol. The number of nitriles is 1. The Bertz CT molecular complexity index is 303. The van der Waals surface area contributed by atoms with E-state index in [-0.39, 0.29) is 5.41 Å². The summed E-state index contributed by atoms with van der Waals surface area (Å²) in [7, 11) is 0. The molecule has 2 heteroatoms. The highest BCUT2D eigenvalue weighted by Gasteiger charge is 2.30. The summed E-state index contributed by atoms with van der Waals surface area (Å²) in [6, 6.07) is 2.41. The van der Waals surface area contributed by atoms with E-state index in [0.29, 0.717) is 0 Å². The molecule has 1 aliphatic heterocycles. The zero-order chi connectivity index (χ0) is 13.0. The first-order valence-electron chi connectivity index (χ1n) is 7.74. The van der Waals surface area contributed by atoms with Crippen molar-refractivity contribution in [1.82, 2.24) is 4.90 Å². The van der Waals surface area contributed by atoms with Crippen molar-refractivity contribution in [3.8, 4) is 6.07 Å². The number of hydrogen-bond donors (Lipinski definition) is 0. The van der Waals surface area contributed by atoms with E-state index >= 15 is 0 Å². The first-order valence-corrected chi connectivity index (χ1v) is 7.74. The van der Waals surface area contributed by atoms with Gasteiger partial charge in [0.1, 0.15) is 0 Å². The first-order chi connectivity index (χ1) is 8.61. The van der Waals surface area contributed by atoms with Gasteiger partial charge in [-0.1, -0.05) is 19.3 Å². The third-order valence-electron chi connectivity index (χ3n) is 4.95. The molecule has 2 fully saturated rings. The fourth-order valence-corrected chi connectivity index (χ4v) is 3.68. The highest BCUT2D eigenvalue weighted by Crippen LogP contribution is 2.36. The Kier molecular flexibility index (Phi) is 4.67. The molecule has 1 heterocycles. The molecule has 0 radical (unpaired) electrons.